The van der Waals surface area contributed by atoms with Crippen LogP contribution in [-0.4, -0.2) is 76.1 Å². The highest BCUT2D eigenvalue weighted by Crippen LogP contribution is 2.35. The maximum Gasteiger partial charge on any atom is 0.282 e. The van der Waals surface area contributed by atoms with Crippen LogP contribution in [0.5, 0.6) is 5.75 Å². The van der Waals surface area contributed by atoms with Crippen LogP contribution in [0.25, 0.3) is 16.6 Å². The molecule has 1 aliphatic rings. The summed E-state index contributed by atoms with van der Waals surface area (Å²) in [7, 11) is 1.48. The van der Waals surface area contributed by atoms with Crippen LogP contribution in [0.3, 0.4) is 0 Å². The Morgan fingerprint density at radius 2 is 1.74 bits per heavy atom. The predicted molar refractivity (Wildman–Crippen MR) is 171 cm³/mol. The number of aryl methyl sites for hydroxylation is 1. The Bertz CT molecular complexity index is 1780. The molecule has 1 amide bonds. The highest BCUT2D eigenvalue weighted by atomic mass is 19.3. The molecule has 0 aromatic carbocycles. The van der Waals surface area contributed by atoms with E-state index in [0.717, 1.165) is 33.6 Å². The molecule has 1 saturated heterocycles. The van der Waals surface area contributed by atoms with E-state index in [0.29, 0.717) is 35.7 Å². The minimum atomic E-state index is -3.06. The first-order valence-electron chi connectivity index (χ1n) is 15.5. The minimum Gasteiger partial charge on any atom is -0.496 e. The lowest BCUT2D eigenvalue weighted by atomic mass is 9.98. The number of alkyl halides is 3. The van der Waals surface area contributed by atoms with Gasteiger partial charge in [-0.2, -0.15) is 0 Å². The summed E-state index contributed by atoms with van der Waals surface area (Å²) in [5.74, 6) is 0.252. The van der Waals surface area contributed by atoms with E-state index < -0.39 is 12.7 Å². The number of H-pyrrole nitrogens is 1. The summed E-state index contributed by atoms with van der Waals surface area (Å²) in [5.41, 5.74) is 6.28. The lowest BCUT2D eigenvalue weighted by Gasteiger charge is -2.39. The van der Waals surface area contributed by atoms with Crippen LogP contribution in [-0.2, 0) is 6.54 Å². The molecule has 0 spiro atoms. The molecule has 2 unspecified atom stereocenters. The van der Waals surface area contributed by atoms with Crippen LogP contribution in [0, 0.1) is 13.8 Å². The molecular weight excluding hydrogens is 597 g/mol. The number of hydrogen-bond donors (Lipinski definition) is 2. The van der Waals surface area contributed by atoms with Crippen molar-refractivity contribution in [3.8, 4) is 16.9 Å². The van der Waals surface area contributed by atoms with E-state index in [1.165, 1.54) is 12.0 Å². The molecule has 1 aliphatic heterocycles. The number of carbonyl (C=O) groups is 1. The van der Waals surface area contributed by atoms with Crippen LogP contribution >= 0.6 is 0 Å². The molecule has 1 fully saturated rings. The van der Waals surface area contributed by atoms with Gasteiger partial charge in [-0.25, -0.2) is 13.2 Å². The topological polar surface area (TPSA) is 95.0 Å². The SMILES string of the molecule is COc1cc(C)[nH]c(=O)c1CNC(=O)c1cc2c(-c3ccnc(C(C)C)c3)ccn2c(C(C)N2CCN(C(F)C(F)F)CC2)c1C. The normalized spacial score (nSPS) is 15.9. The number of nitrogens with zero attached hydrogens (tertiary/aromatic N) is 4. The number of nitrogens with one attached hydrogen (secondary N) is 2. The van der Waals surface area contributed by atoms with Crippen molar-refractivity contribution < 1.29 is 22.7 Å². The van der Waals surface area contributed by atoms with Crippen LogP contribution < -0.4 is 15.6 Å². The van der Waals surface area contributed by atoms with Gasteiger partial charge >= 0.3 is 0 Å². The van der Waals surface area contributed by atoms with Crippen molar-refractivity contribution in [1.29, 1.82) is 0 Å². The van der Waals surface area contributed by atoms with Gasteiger partial charge in [0.05, 0.1) is 24.7 Å². The highest BCUT2D eigenvalue weighted by molar-refractivity contribution is 5.98. The molecule has 2 N–H and O–H groups in total. The summed E-state index contributed by atoms with van der Waals surface area (Å²) in [6.45, 7) is 10.9. The maximum absolute atomic E-state index is 14.1. The number of hydrogen-bond acceptors (Lipinski definition) is 6. The van der Waals surface area contributed by atoms with Crippen molar-refractivity contribution in [1.82, 2.24) is 29.5 Å². The van der Waals surface area contributed by atoms with Gasteiger partial charge in [-0.3, -0.25) is 24.4 Å². The van der Waals surface area contributed by atoms with Gasteiger partial charge in [0.25, 0.3) is 17.9 Å². The van der Waals surface area contributed by atoms with Gasteiger partial charge in [0.2, 0.25) is 6.30 Å². The Kier molecular flexibility index (Phi) is 9.88. The number of halogens is 3. The fourth-order valence-corrected chi connectivity index (χ4v) is 6.30. The van der Waals surface area contributed by atoms with E-state index >= 15 is 0 Å². The Labute approximate surface area is 266 Å². The first-order valence-corrected chi connectivity index (χ1v) is 15.5. The summed E-state index contributed by atoms with van der Waals surface area (Å²) in [5, 5.41) is 2.91. The van der Waals surface area contributed by atoms with Crippen molar-refractivity contribution in [2.75, 3.05) is 33.3 Å². The number of pyridine rings is 3. The molecule has 0 bridgehead atoms. The second kappa shape index (κ2) is 13.7. The third kappa shape index (κ3) is 6.54. The van der Waals surface area contributed by atoms with Crippen molar-refractivity contribution in [3.05, 3.63) is 86.9 Å². The highest BCUT2D eigenvalue weighted by Gasteiger charge is 2.33. The predicted octanol–water partition coefficient (Wildman–Crippen LogP) is 5.61. The second-order valence-corrected chi connectivity index (χ2v) is 12.1. The van der Waals surface area contributed by atoms with Gasteiger partial charge in [0.1, 0.15) is 5.75 Å². The van der Waals surface area contributed by atoms with Gasteiger partial charge in [0.15, 0.2) is 0 Å². The van der Waals surface area contributed by atoms with E-state index in [1.54, 1.807) is 19.2 Å². The number of rotatable bonds is 10. The molecule has 4 aromatic heterocycles. The van der Waals surface area contributed by atoms with Gasteiger partial charge in [0, 0.05) is 72.8 Å². The van der Waals surface area contributed by atoms with Gasteiger partial charge in [-0.15, -0.1) is 0 Å². The van der Waals surface area contributed by atoms with E-state index in [2.05, 4.69) is 38.4 Å². The average molecular weight is 639 g/mol. The maximum atomic E-state index is 14.1. The van der Waals surface area contributed by atoms with Crippen LogP contribution in [0.1, 0.15) is 71.3 Å². The van der Waals surface area contributed by atoms with Crippen molar-refractivity contribution in [2.45, 2.75) is 65.8 Å². The Morgan fingerprint density at radius 3 is 2.39 bits per heavy atom. The zero-order valence-corrected chi connectivity index (χ0v) is 27.0. The first-order chi connectivity index (χ1) is 21.9. The van der Waals surface area contributed by atoms with Crippen LogP contribution in [0.4, 0.5) is 13.2 Å². The van der Waals surface area contributed by atoms with E-state index in [1.807, 2.05) is 44.3 Å². The molecule has 46 heavy (non-hydrogen) atoms. The lowest BCUT2D eigenvalue weighted by molar-refractivity contribution is -0.0688. The number of aromatic amines is 1. The average Bonchev–Trinajstić information content (AvgIpc) is 3.46. The Hall–Kier alpha value is -4.16. The first kappa shape index (κ1) is 33.2. The van der Waals surface area contributed by atoms with E-state index in [9.17, 15) is 22.8 Å². The molecule has 9 nitrogen and oxygen atoms in total. The molecule has 0 radical (unpaired) electrons. The molecule has 246 valence electrons. The molecule has 5 rings (SSSR count). The Morgan fingerprint density at radius 1 is 1.04 bits per heavy atom. The molecule has 0 aliphatic carbocycles. The van der Waals surface area contributed by atoms with E-state index in [4.69, 9.17) is 4.74 Å². The number of piperazine rings is 1. The standard InChI is InChI=1S/C34H41F3N6O3/c1-19(2)27-16-23(7-9-38-27)24-8-10-43-28(24)17-25(33(44)39-18-26-29(46-6)15-20(3)40-34(26)45)21(4)30(43)22(5)41-11-13-42(14-12-41)32(37)31(35)36/h7-10,15-17,19,22,31-32H,11-14,18H2,1-6H3,(H,39,44)(H,40,45). The van der Waals surface area contributed by atoms with Gasteiger partial charge < -0.3 is 19.4 Å². The Balaban J connectivity index is 1.55. The summed E-state index contributed by atoms with van der Waals surface area (Å²) < 4.78 is 47.6. The summed E-state index contributed by atoms with van der Waals surface area (Å²) in [6.07, 6.45) is -1.59. The number of ether oxygens (including phenoxy) is 1. The number of methoxy groups -OCH3 is 1. The number of amides is 1. The molecule has 12 heteroatoms. The number of carbonyl (C=O) groups excluding carboxylic acids is 1. The fraction of sp³-hybridized carbons (Fsp3) is 0.441. The van der Waals surface area contributed by atoms with Crippen LogP contribution in [0.2, 0.25) is 0 Å². The molecule has 2 atom stereocenters. The lowest BCUT2D eigenvalue weighted by Crippen LogP contribution is -2.51. The second-order valence-electron chi connectivity index (χ2n) is 12.1. The van der Waals surface area contributed by atoms with Crippen molar-refractivity contribution >= 4 is 11.4 Å². The molecule has 5 heterocycles. The van der Waals surface area contributed by atoms with Gasteiger partial charge in [-0.05, 0) is 68.1 Å². The fourth-order valence-electron chi connectivity index (χ4n) is 6.30. The zero-order chi connectivity index (χ0) is 33.3. The quantitative estimate of drug-likeness (QED) is 0.220. The largest absolute Gasteiger partial charge is 0.496 e. The van der Waals surface area contributed by atoms with Gasteiger partial charge in [-0.1, -0.05) is 13.8 Å². The van der Waals surface area contributed by atoms with Crippen LogP contribution in [0.15, 0.2) is 47.5 Å². The number of aromatic nitrogens is 3. The van der Waals surface area contributed by atoms with Crippen molar-refractivity contribution in [2.24, 2.45) is 0 Å². The van der Waals surface area contributed by atoms with Crippen molar-refractivity contribution in [3.63, 3.8) is 0 Å². The summed E-state index contributed by atoms with van der Waals surface area (Å²) in [6, 6.07) is 9.34. The number of fused-ring (bicyclic) bond motifs is 1. The van der Waals surface area contributed by atoms with E-state index in [-0.39, 0.29) is 43.1 Å². The molecule has 4 aromatic rings. The minimum absolute atomic E-state index is 0.0421. The zero-order valence-electron chi connectivity index (χ0n) is 27.0. The third-order valence-electron chi connectivity index (χ3n) is 8.91. The smallest absolute Gasteiger partial charge is 0.282 e. The monoisotopic (exact) mass is 638 g/mol. The molecular formula is C34H41F3N6O3. The summed E-state index contributed by atoms with van der Waals surface area (Å²) in [4.78, 5) is 37.2. The molecule has 0 saturated carbocycles. The summed E-state index contributed by atoms with van der Waals surface area (Å²) >= 11 is 0. The third-order valence-corrected chi connectivity index (χ3v) is 8.91.